The lowest BCUT2D eigenvalue weighted by Crippen LogP contribution is -2.13. The van der Waals surface area contributed by atoms with Gasteiger partial charge in [0.25, 0.3) is 11.6 Å². The molecule has 0 radical (unpaired) electrons. The molecule has 0 saturated carbocycles. The number of nitrogens with one attached hydrogen (secondary N) is 1. The predicted molar refractivity (Wildman–Crippen MR) is 92.5 cm³/mol. The van der Waals surface area contributed by atoms with Gasteiger partial charge in [0.2, 0.25) is 0 Å². The normalized spacial score (nSPS) is 10.6. The summed E-state index contributed by atoms with van der Waals surface area (Å²) >= 11 is 6.00. The maximum atomic E-state index is 12.4. The number of aryl methyl sites for hydroxylation is 1. The molecule has 6 nitrogen and oxygen atoms in total. The van der Waals surface area contributed by atoms with Crippen LogP contribution in [-0.4, -0.2) is 15.8 Å². The quantitative estimate of drug-likeness (QED) is 0.566. The summed E-state index contributed by atoms with van der Waals surface area (Å²) in [6, 6.07) is 12.9. The molecule has 1 aromatic heterocycles. The number of anilines is 1. The minimum absolute atomic E-state index is 0.0240. The van der Waals surface area contributed by atoms with Gasteiger partial charge in [-0.2, -0.15) is 0 Å². The minimum Gasteiger partial charge on any atom is -0.321 e. The van der Waals surface area contributed by atoms with E-state index in [1.165, 1.54) is 12.1 Å². The Bertz CT molecular complexity index is 972. The Kier molecular flexibility index (Phi) is 4.14. The summed E-state index contributed by atoms with van der Waals surface area (Å²) in [6.45, 7) is 1.89. The van der Waals surface area contributed by atoms with E-state index in [0.29, 0.717) is 5.69 Å². The number of benzene rings is 2. The molecule has 0 fully saturated rings. The van der Waals surface area contributed by atoms with Gasteiger partial charge < -0.3 is 5.32 Å². The number of hydrogen-bond donors (Lipinski definition) is 1. The number of non-ortho nitro benzene ring substituents is 1. The van der Waals surface area contributed by atoms with Gasteiger partial charge >= 0.3 is 0 Å². The van der Waals surface area contributed by atoms with E-state index in [2.05, 4.69) is 10.3 Å². The van der Waals surface area contributed by atoms with Gasteiger partial charge in [0.05, 0.1) is 26.7 Å². The zero-order valence-electron chi connectivity index (χ0n) is 12.6. The molecule has 0 atom stereocenters. The molecule has 2 aromatic carbocycles. The lowest BCUT2D eigenvalue weighted by Gasteiger charge is -2.10. The third kappa shape index (κ3) is 3.04. The molecule has 120 valence electrons. The molecule has 3 aromatic rings. The lowest BCUT2D eigenvalue weighted by atomic mass is 10.1. The molecular weight excluding hydrogens is 330 g/mol. The number of nitro benzene ring substituents is 1. The summed E-state index contributed by atoms with van der Waals surface area (Å²) in [6.07, 6.45) is 0. The maximum absolute atomic E-state index is 12.4. The standard InChI is InChI=1S/C17H12ClN3O3/c1-10-5-7-13-15(19-10)3-2-4-16(13)20-17(22)12-8-6-11(21(23)24)9-14(12)18/h2-9H,1H3,(H,20,22). The smallest absolute Gasteiger partial charge is 0.270 e. The van der Waals surface area contributed by atoms with Crippen LogP contribution in [0.4, 0.5) is 11.4 Å². The molecule has 24 heavy (non-hydrogen) atoms. The molecule has 0 saturated heterocycles. The van der Waals surface area contributed by atoms with Gasteiger partial charge in [-0.05, 0) is 37.3 Å². The highest BCUT2D eigenvalue weighted by Crippen LogP contribution is 2.26. The molecule has 1 N–H and O–H groups in total. The number of hydrogen-bond acceptors (Lipinski definition) is 4. The first kappa shape index (κ1) is 15.9. The van der Waals surface area contributed by atoms with E-state index in [-0.39, 0.29) is 16.3 Å². The van der Waals surface area contributed by atoms with E-state index in [1.54, 1.807) is 12.1 Å². The average Bonchev–Trinajstić information content (AvgIpc) is 2.54. The fourth-order valence-electron chi connectivity index (χ4n) is 2.36. The summed E-state index contributed by atoms with van der Waals surface area (Å²) in [5, 5.41) is 14.3. The van der Waals surface area contributed by atoms with Crippen LogP contribution in [-0.2, 0) is 0 Å². The summed E-state index contributed by atoms with van der Waals surface area (Å²) in [5.41, 5.74) is 2.24. The van der Waals surface area contributed by atoms with Crippen molar-refractivity contribution in [3.8, 4) is 0 Å². The molecule has 0 aliphatic carbocycles. The largest absolute Gasteiger partial charge is 0.321 e. The first-order valence-electron chi connectivity index (χ1n) is 7.07. The van der Waals surface area contributed by atoms with Crippen LogP contribution in [0.1, 0.15) is 16.1 Å². The number of carbonyl (C=O) groups excluding carboxylic acids is 1. The van der Waals surface area contributed by atoms with Crippen LogP contribution in [0.2, 0.25) is 5.02 Å². The SMILES string of the molecule is Cc1ccc2c(NC(=O)c3ccc([N+](=O)[O-])cc3Cl)cccc2n1. The Morgan fingerprint density at radius 1 is 1.21 bits per heavy atom. The zero-order chi connectivity index (χ0) is 17.3. The van der Waals surface area contributed by atoms with Crippen molar-refractivity contribution in [3.05, 3.63) is 74.9 Å². The van der Waals surface area contributed by atoms with Gasteiger partial charge in [-0.3, -0.25) is 19.9 Å². The second kappa shape index (κ2) is 6.25. The highest BCUT2D eigenvalue weighted by Gasteiger charge is 2.16. The predicted octanol–water partition coefficient (Wildman–Crippen LogP) is 4.36. The average molecular weight is 342 g/mol. The highest BCUT2D eigenvalue weighted by molar-refractivity contribution is 6.34. The van der Waals surface area contributed by atoms with Crippen molar-refractivity contribution in [2.45, 2.75) is 6.92 Å². The number of fused-ring (bicyclic) bond motifs is 1. The van der Waals surface area contributed by atoms with Gasteiger partial charge in [0.15, 0.2) is 0 Å². The second-order valence-corrected chi connectivity index (χ2v) is 5.61. The molecule has 1 amide bonds. The number of halogens is 1. The lowest BCUT2D eigenvalue weighted by molar-refractivity contribution is -0.384. The Hall–Kier alpha value is -2.99. The van der Waals surface area contributed by atoms with Gasteiger partial charge in [-0.25, -0.2) is 0 Å². The molecule has 1 heterocycles. The summed E-state index contributed by atoms with van der Waals surface area (Å²) in [4.78, 5) is 27.0. The van der Waals surface area contributed by atoms with Crippen molar-refractivity contribution in [3.63, 3.8) is 0 Å². The van der Waals surface area contributed by atoms with Crippen LogP contribution in [0.5, 0.6) is 0 Å². The van der Waals surface area contributed by atoms with Crippen LogP contribution in [0.15, 0.2) is 48.5 Å². The maximum Gasteiger partial charge on any atom is 0.270 e. The van der Waals surface area contributed by atoms with Gasteiger partial charge in [-0.15, -0.1) is 0 Å². The van der Waals surface area contributed by atoms with Crippen molar-refractivity contribution < 1.29 is 9.72 Å². The third-order valence-electron chi connectivity index (χ3n) is 3.53. The Balaban J connectivity index is 1.94. The molecule has 0 spiro atoms. The van der Waals surface area contributed by atoms with E-state index in [1.807, 2.05) is 25.1 Å². The van der Waals surface area contributed by atoms with Gasteiger partial charge in [0, 0.05) is 23.2 Å². The van der Waals surface area contributed by atoms with Crippen LogP contribution in [0.3, 0.4) is 0 Å². The van der Waals surface area contributed by atoms with Crippen molar-refractivity contribution >= 4 is 39.8 Å². The first-order valence-corrected chi connectivity index (χ1v) is 7.45. The molecule has 0 unspecified atom stereocenters. The molecule has 0 aliphatic rings. The second-order valence-electron chi connectivity index (χ2n) is 5.20. The van der Waals surface area contributed by atoms with Crippen LogP contribution in [0.25, 0.3) is 10.9 Å². The number of pyridine rings is 1. The Morgan fingerprint density at radius 2 is 2.00 bits per heavy atom. The van der Waals surface area contributed by atoms with E-state index >= 15 is 0 Å². The fourth-order valence-corrected chi connectivity index (χ4v) is 2.62. The van der Waals surface area contributed by atoms with E-state index in [0.717, 1.165) is 22.7 Å². The van der Waals surface area contributed by atoms with Gasteiger partial charge in [-0.1, -0.05) is 17.7 Å². The summed E-state index contributed by atoms with van der Waals surface area (Å²) < 4.78 is 0. The molecule has 0 bridgehead atoms. The molecule has 0 aliphatic heterocycles. The highest BCUT2D eigenvalue weighted by atomic mass is 35.5. The van der Waals surface area contributed by atoms with Crippen molar-refractivity contribution in [1.82, 2.24) is 4.98 Å². The van der Waals surface area contributed by atoms with Crippen LogP contribution in [0, 0.1) is 17.0 Å². The zero-order valence-corrected chi connectivity index (χ0v) is 13.4. The topological polar surface area (TPSA) is 85.1 Å². The Labute approximate surface area is 142 Å². The molecular formula is C17H12ClN3O3. The minimum atomic E-state index is -0.563. The van der Waals surface area contributed by atoms with Crippen molar-refractivity contribution in [2.75, 3.05) is 5.32 Å². The van der Waals surface area contributed by atoms with Crippen LogP contribution >= 0.6 is 11.6 Å². The fraction of sp³-hybridized carbons (Fsp3) is 0.0588. The van der Waals surface area contributed by atoms with E-state index in [9.17, 15) is 14.9 Å². The number of amides is 1. The first-order chi connectivity index (χ1) is 11.5. The number of nitrogens with zero attached hydrogens (tertiary/aromatic N) is 2. The van der Waals surface area contributed by atoms with E-state index < -0.39 is 10.8 Å². The van der Waals surface area contributed by atoms with Crippen molar-refractivity contribution in [1.29, 1.82) is 0 Å². The van der Waals surface area contributed by atoms with Crippen LogP contribution < -0.4 is 5.32 Å². The molecule has 7 heteroatoms. The van der Waals surface area contributed by atoms with Crippen molar-refractivity contribution in [2.24, 2.45) is 0 Å². The monoisotopic (exact) mass is 341 g/mol. The number of rotatable bonds is 3. The Morgan fingerprint density at radius 3 is 2.71 bits per heavy atom. The summed E-state index contributed by atoms with van der Waals surface area (Å²) in [5.74, 6) is -0.442. The van der Waals surface area contributed by atoms with Gasteiger partial charge in [0.1, 0.15) is 0 Å². The summed E-state index contributed by atoms with van der Waals surface area (Å²) in [7, 11) is 0. The van der Waals surface area contributed by atoms with E-state index in [4.69, 9.17) is 11.6 Å². The number of nitro groups is 1. The third-order valence-corrected chi connectivity index (χ3v) is 3.84. The molecule has 3 rings (SSSR count). The number of carbonyl (C=O) groups is 1. The number of aromatic nitrogens is 1.